The number of likely N-dealkylation sites (N-methyl/N-ethyl adjacent to an activating group) is 1. The average Bonchev–Trinajstić information content (AvgIpc) is 3.25. The summed E-state index contributed by atoms with van der Waals surface area (Å²) in [6.45, 7) is 1.31. The van der Waals surface area contributed by atoms with Crippen LogP contribution >= 0.6 is 34.3 Å². The maximum Gasteiger partial charge on any atom is 0.234 e. The van der Waals surface area contributed by atoms with Crippen molar-refractivity contribution in [3.05, 3.63) is 39.5 Å². The predicted molar refractivity (Wildman–Crippen MR) is 110 cm³/mol. The summed E-state index contributed by atoms with van der Waals surface area (Å²) in [6, 6.07) is 7.53. The molecule has 8 heteroatoms. The first-order valence-corrected chi connectivity index (χ1v) is 10.2. The normalized spacial score (nSPS) is 11.3. The van der Waals surface area contributed by atoms with E-state index in [2.05, 4.69) is 4.98 Å². The fraction of sp³-hybridized carbons (Fsp3) is 0.333. The monoisotopic (exact) mass is 409 g/mol. The molecule has 2 heterocycles. The van der Waals surface area contributed by atoms with Crippen molar-refractivity contribution in [3.8, 4) is 5.75 Å². The van der Waals surface area contributed by atoms with Crippen LogP contribution in [0, 0.1) is 0 Å². The molecule has 1 amide bonds. The molecule has 0 saturated heterocycles. The Hall–Kier alpha value is -1.67. The van der Waals surface area contributed by atoms with Gasteiger partial charge in [0.05, 0.1) is 23.3 Å². The second-order valence-corrected chi connectivity index (χ2v) is 8.45. The number of anilines is 1. The first-order valence-electron chi connectivity index (χ1n) is 8.10. The number of fused-ring (bicyclic) bond motifs is 1. The highest BCUT2D eigenvalue weighted by Gasteiger charge is 2.22. The van der Waals surface area contributed by atoms with Crippen LogP contribution in [0.5, 0.6) is 5.75 Å². The van der Waals surface area contributed by atoms with Crippen LogP contribution in [-0.4, -0.2) is 50.1 Å². The van der Waals surface area contributed by atoms with Gasteiger partial charge in [0.15, 0.2) is 5.13 Å². The second kappa shape index (κ2) is 8.35. The second-order valence-electron chi connectivity index (χ2n) is 6.03. The Morgan fingerprint density at radius 2 is 2.08 bits per heavy atom. The summed E-state index contributed by atoms with van der Waals surface area (Å²) < 4.78 is 6.23. The van der Waals surface area contributed by atoms with Crippen molar-refractivity contribution in [2.75, 3.05) is 39.2 Å². The third kappa shape index (κ3) is 4.17. The lowest BCUT2D eigenvalue weighted by molar-refractivity contribution is -0.118. The van der Waals surface area contributed by atoms with Crippen LogP contribution in [0.25, 0.3) is 10.2 Å². The van der Waals surface area contributed by atoms with Gasteiger partial charge in [0, 0.05) is 18.0 Å². The van der Waals surface area contributed by atoms with Crippen molar-refractivity contribution < 1.29 is 9.53 Å². The Balaban J connectivity index is 1.96. The molecule has 3 aromatic rings. The Morgan fingerprint density at radius 3 is 2.73 bits per heavy atom. The molecule has 0 N–H and O–H groups in total. The number of aromatic nitrogens is 1. The van der Waals surface area contributed by atoms with Gasteiger partial charge < -0.3 is 9.64 Å². The fourth-order valence-electron chi connectivity index (χ4n) is 2.51. The van der Waals surface area contributed by atoms with Crippen LogP contribution in [0.2, 0.25) is 5.02 Å². The molecule has 2 aromatic heterocycles. The largest absolute Gasteiger partial charge is 0.494 e. The van der Waals surface area contributed by atoms with Crippen LogP contribution in [0.1, 0.15) is 4.88 Å². The van der Waals surface area contributed by atoms with E-state index in [9.17, 15) is 4.79 Å². The number of thiophene rings is 1. The molecule has 138 valence electrons. The Morgan fingerprint density at radius 1 is 1.27 bits per heavy atom. The van der Waals surface area contributed by atoms with E-state index < -0.39 is 0 Å². The third-order valence-corrected chi connectivity index (χ3v) is 6.29. The number of hydrogen-bond donors (Lipinski definition) is 0. The third-order valence-electron chi connectivity index (χ3n) is 3.88. The predicted octanol–water partition coefficient (Wildman–Crippen LogP) is 4.16. The van der Waals surface area contributed by atoms with Gasteiger partial charge in [-0.2, -0.15) is 0 Å². The van der Waals surface area contributed by atoms with E-state index in [1.165, 1.54) is 11.3 Å². The zero-order valence-electron chi connectivity index (χ0n) is 14.9. The summed E-state index contributed by atoms with van der Waals surface area (Å²) in [5.74, 6) is 0.689. The number of amides is 1. The van der Waals surface area contributed by atoms with Crippen molar-refractivity contribution in [2.24, 2.45) is 0 Å². The minimum Gasteiger partial charge on any atom is -0.494 e. The van der Waals surface area contributed by atoms with Crippen molar-refractivity contribution in [2.45, 2.75) is 6.42 Å². The quantitative estimate of drug-likeness (QED) is 0.587. The van der Waals surface area contributed by atoms with Gasteiger partial charge in [0.1, 0.15) is 11.3 Å². The number of benzene rings is 1. The maximum atomic E-state index is 13.0. The molecule has 0 aliphatic heterocycles. The molecular formula is C18H20ClN3O2S2. The summed E-state index contributed by atoms with van der Waals surface area (Å²) in [5.41, 5.74) is 0.693. The van der Waals surface area contributed by atoms with Gasteiger partial charge in [-0.25, -0.2) is 4.98 Å². The lowest BCUT2D eigenvalue weighted by Crippen LogP contribution is -2.37. The van der Waals surface area contributed by atoms with Crippen molar-refractivity contribution in [1.29, 1.82) is 0 Å². The Kier molecular flexibility index (Phi) is 6.13. The maximum absolute atomic E-state index is 13.0. The molecular weight excluding hydrogens is 390 g/mol. The smallest absolute Gasteiger partial charge is 0.234 e. The molecule has 0 aliphatic rings. The molecule has 0 atom stereocenters. The number of rotatable bonds is 7. The van der Waals surface area contributed by atoms with Crippen LogP contribution in [0.15, 0.2) is 29.6 Å². The number of carbonyl (C=O) groups is 1. The standard InChI is InChI=1S/C18H20ClN3O2S2/c1-21(2)8-9-22(15(23)11-12-5-4-10-25-12)18-20-16-14(24-3)7-6-13(19)17(16)26-18/h4-7,10H,8-9,11H2,1-3H3. The number of carbonyl (C=O) groups excluding carboxylic acids is 1. The molecule has 0 saturated carbocycles. The number of hydrogen-bond acceptors (Lipinski definition) is 6. The van der Waals surface area contributed by atoms with Gasteiger partial charge in [0.2, 0.25) is 5.91 Å². The van der Waals surface area contributed by atoms with Gasteiger partial charge in [-0.1, -0.05) is 29.0 Å². The molecule has 0 unspecified atom stereocenters. The van der Waals surface area contributed by atoms with E-state index in [-0.39, 0.29) is 5.91 Å². The first kappa shape index (κ1) is 19.1. The fourth-order valence-corrected chi connectivity index (χ4v) is 4.50. The van der Waals surface area contributed by atoms with E-state index in [4.69, 9.17) is 16.3 Å². The number of halogens is 1. The molecule has 0 spiro atoms. The number of methoxy groups -OCH3 is 1. The Bertz CT molecular complexity index is 893. The average molecular weight is 410 g/mol. The van der Waals surface area contributed by atoms with Gasteiger partial charge in [-0.3, -0.25) is 9.69 Å². The number of nitrogens with zero attached hydrogens (tertiary/aromatic N) is 3. The van der Waals surface area contributed by atoms with Gasteiger partial charge in [-0.15, -0.1) is 11.3 Å². The van der Waals surface area contributed by atoms with E-state index in [0.717, 1.165) is 16.1 Å². The van der Waals surface area contributed by atoms with Crippen LogP contribution < -0.4 is 9.64 Å². The molecule has 0 radical (unpaired) electrons. The summed E-state index contributed by atoms with van der Waals surface area (Å²) in [6.07, 6.45) is 0.367. The molecule has 1 aromatic carbocycles. The van der Waals surface area contributed by atoms with E-state index in [0.29, 0.717) is 34.4 Å². The summed E-state index contributed by atoms with van der Waals surface area (Å²) in [5, 5.41) is 3.24. The highest BCUT2D eigenvalue weighted by molar-refractivity contribution is 7.23. The van der Waals surface area contributed by atoms with Crippen LogP contribution in [-0.2, 0) is 11.2 Å². The lowest BCUT2D eigenvalue weighted by Gasteiger charge is -2.21. The SMILES string of the molecule is COc1ccc(Cl)c2sc(N(CCN(C)C)C(=O)Cc3cccs3)nc12. The number of thiazole rings is 1. The van der Waals surface area contributed by atoms with Gasteiger partial charge >= 0.3 is 0 Å². The van der Waals surface area contributed by atoms with E-state index in [1.807, 2.05) is 36.5 Å². The highest BCUT2D eigenvalue weighted by Crippen LogP contribution is 2.38. The van der Waals surface area contributed by atoms with Gasteiger partial charge in [0.25, 0.3) is 0 Å². The topological polar surface area (TPSA) is 45.7 Å². The summed E-state index contributed by atoms with van der Waals surface area (Å²) in [7, 11) is 5.58. The van der Waals surface area contributed by atoms with Gasteiger partial charge in [-0.05, 0) is 37.7 Å². The molecule has 0 bridgehead atoms. The van der Waals surface area contributed by atoms with E-state index >= 15 is 0 Å². The first-order chi connectivity index (χ1) is 12.5. The zero-order chi connectivity index (χ0) is 18.7. The van der Waals surface area contributed by atoms with Crippen LogP contribution in [0.4, 0.5) is 5.13 Å². The lowest BCUT2D eigenvalue weighted by atomic mass is 10.3. The Labute approximate surface area is 165 Å². The summed E-state index contributed by atoms with van der Waals surface area (Å²) in [4.78, 5) is 22.5. The number of ether oxygens (including phenoxy) is 1. The van der Waals surface area contributed by atoms with Crippen molar-refractivity contribution >= 4 is 55.5 Å². The zero-order valence-corrected chi connectivity index (χ0v) is 17.2. The van der Waals surface area contributed by atoms with E-state index in [1.54, 1.807) is 35.5 Å². The highest BCUT2D eigenvalue weighted by atomic mass is 35.5. The minimum absolute atomic E-state index is 0.0310. The van der Waals surface area contributed by atoms with Crippen LogP contribution in [0.3, 0.4) is 0 Å². The molecule has 26 heavy (non-hydrogen) atoms. The van der Waals surface area contributed by atoms with Crippen molar-refractivity contribution in [1.82, 2.24) is 9.88 Å². The molecule has 0 fully saturated rings. The molecule has 0 aliphatic carbocycles. The minimum atomic E-state index is 0.0310. The van der Waals surface area contributed by atoms with Crippen molar-refractivity contribution in [3.63, 3.8) is 0 Å². The summed E-state index contributed by atoms with van der Waals surface area (Å²) >= 11 is 9.34. The molecule has 3 rings (SSSR count). The molecule has 5 nitrogen and oxygen atoms in total.